The average molecular weight is 245 g/mol. The van der Waals surface area contributed by atoms with Crippen LogP contribution in [0.4, 0.5) is 0 Å². The summed E-state index contributed by atoms with van der Waals surface area (Å²) in [5.41, 5.74) is 0.513. The first kappa shape index (κ1) is 12.8. The molecule has 96 valence electrons. The molecular weight excluding hydrogens is 226 g/mol. The fraction of sp³-hybridized carbons (Fsp3) is 0.571. The highest BCUT2D eigenvalue weighted by Gasteiger charge is 2.12. The predicted molar refractivity (Wildman–Crippen MR) is 69.3 cm³/mol. The third kappa shape index (κ3) is 3.71. The molecule has 1 N–H and O–H groups in total. The van der Waals surface area contributed by atoms with Gasteiger partial charge in [0.05, 0.1) is 6.61 Å². The third-order valence-corrected chi connectivity index (χ3v) is 3.35. The molecule has 1 saturated heterocycles. The topological polar surface area (TPSA) is 57.9 Å². The lowest BCUT2D eigenvalue weighted by Gasteiger charge is -2.22. The van der Waals surface area contributed by atoms with Gasteiger partial charge in [-0.15, -0.1) is 0 Å². The first-order chi connectivity index (χ1) is 8.90. The lowest BCUT2D eigenvalue weighted by molar-refractivity contribution is 0.266. The molecule has 1 aromatic rings. The van der Waals surface area contributed by atoms with E-state index < -0.39 is 0 Å². The van der Waals surface area contributed by atoms with Crippen molar-refractivity contribution in [3.05, 3.63) is 23.9 Å². The van der Waals surface area contributed by atoms with Gasteiger partial charge in [0.15, 0.2) is 0 Å². The molecule has 0 radical (unpaired) electrons. The molecule has 0 bridgehead atoms. The van der Waals surface area contributed by atoms with E-state index in [-0.39, 0.29) is 0 Å². The Kier molecular flexibility index (Phi) is 4.98. The Morgan fingerprint density at radius 2 is 2.28 bits per heavy atom. The molecule has 18 heavy (non-hydrogen) atoms. The van der Waals surface area contributed by atoms with Gasteiger partial charge in [0.1, 0.15) is 11.6 Å². The van der Waals surface area contributed by atoms with Crippen LogP contribution >= 0.6 is 0 Å². The van der Waals surface area contributed by atoms with Crippen molar-refractivity contribution in [3.8, 4) is 11.9 Å². The van der Waals surface area contributed by atoms with Crippen LogP contribution in [0, 0.1) is 17.2 Å². The van der Waals surface area contributed by atoms with Crippen molar-refractivity contribution < 1.29 is 4.74 Å². The minimum absolute atomic E-state index is 0.463. The van der Waals surface area contributed by atoms with Crippen molar-refractivity contribution in [2.75, 3.05) is 19.7 Å². The second kappa shape index (κ2) is 6.97. The maximum Gasteiger partial charge on any atom is 0.231 e. The lowest BCUT2D eigenvalue weighted by Crippen LogP contribution is -2.27. The third-order valence-electron chi connectivity index (χ3n) is 3.35. The number of nitrogens with one attached hydrogen (secondary N) is 1. The Morgan fingerprint density at radius 3 is 3.06 bits per heavy atom. The number of hydrogen-bond donors (Lipinski definition) is 1. The highest BCUT2D eigenvalue weighted by Crippen LogP contribution is 2.18. The van der Waals surface area contributed by atoms with Crippen LogP contribution in [0.2, 0.25) is 0 Å². The minimum atomic E-state index is 0.463. The molecule has 4 heteroatoms. The van der Waals surface area contributed by atoms with Crippen LogP contribution in [0.5, 0.6) is 5.88 Å². The number of piperidine rings is 1. The van der Waals surface area contributed by atoms with Crippen LogP contribution in [0.1, 0.15) is 31.2 Å². The Hall–Kier alpha value is -1.60. The zero-order valence-electron chi connectivity index (χ0n) is 10.6. The maximum absolute atomic E-state index is 8.90. The summed E-state index contributed by atoms with van der Waals surface area (Å²) in [5, 5.41) is 12.3. The minimum Gasteiger partial charge on any atom is -0.477 e. The number of nitriles is 1. The van der Waals surface area contributed by atoms with E-state index in [2.05, 4.69) is 16.4 Å². The Labute approximate surface area is 108 Å². The second-order valence-electron chi connectivity index (χ2n) is 4.65. The van der Waals surface area contributed by atoms with Gasteiger partial charge in [-0.2, -0.15) is 5.26 Å². The van der Waals surface area contributed by atoms with Crippen molar-refractivity contribution in [2.45, 2.75) is 25.7 Å². The van der Waals surface area contributed by atoms with Gasteiger partial charge in [-0.1, -0.05) is 0 Å². The molecule has 4 nitrogen and oxygen atoms in total. The smallest absolute Gasteiger partial charge is 0.231 e. The van der Waals surface area contributed by atoms with Crippen LogP contribution in [0.3, 0.4) is 0 Å². The van der Waals surface area contributed by atoms with E-state index in [4.69, 9.17) is 10.00 Å². The van der Waals surface area contributed by atoms with E-state index in [1.165, 1.54) is 19.3 Å². The van der Waals surface area contributed by atoms with Crippen LogP contribution in [0.25, 0.3) is 0 Å². The molecule has 0 aromatic carbocycles. The lowest BCUT2D eigenvalue weighted by atomic mass is 9.93. The molecule has 0 amide bonds. The van der Waals surface area contributed by atoms with Gasteiger partial charge in [-0.3, -0.25) is 0 Å². The van der Waals surface area contributed by atoms with Gasteiger partial charge in [0, 0.05) is 6.20 Å². The molecule has 1 aliphatic rings. The largest absolute Gasteiger partial charge is 0.477 e. The molecule has 2 rings (SSSR count). The fourth-order valence-electron chi connectivity index (χ4n) is 2.30. The van der Waals surface area contributed by atoms with Crippen molar-refractivity contribution in [1.82, 2.24) is 10.3 Å². The van der Waals surface area contributed by atoms with E-state index in [9.17, 15) is 0 Å². The van der Waals surface area contributed by atoms with E-state index in [0.29, 0.717) is 18.1 Å². The molecule has 1 aliphatic heterocycles. The maximum atomic E-state index is 8.90. The number of rotatable bonds is 5. The normalized spacial score (nSPS) is 16.2. The van der Waals surface area contributed by atoms with Gasteiger partial charge in [-0.05, 0) is 56.8 Å². The van der Waals surface area contributed by atoms with Crippen LogP contribution in [-0.4, -0.2) is 24.7 Å². The first-order valence-corrected chi connectivity index (χ1v) is 6.59. The standard InChI is InChI=1S/C14H19N3O/c15-11-13-4-1-7-17-14(13)18-10-2-3-12-5-8-16-9-6-12/h1,4,7,12,16H,2-3,5-6,8-10H2. The average Bonchev–Trinajstić information content (AvgIpc) is 2.45. The van der Waals surface area contributed by atoms with Crippen molar-refractivity contribution in [1.29, 1.82) is 5.26 Å². The Balaban J connectivity index is 1.70. The van der Waals surface area contributed by atoms with Crippen LogP contribution in [0.15, 0.2) is 18.3 Å². The number of nitrogens with zero attached hydrogens (tertiary/aromatic N) is 2. The van der Waals surface area contributed by atoms with Crippen LogP contribution in [-0.2, 0) is 0 Å². The summed E-state index contributed by atoms with van der Waals surface area (Å²) in [5.74, 6) is 1.29. The monoisotopic (exact) mass is 245 g/mol. The number of hydrogen-bond acceptors (Lipinski definition) is 4. The molecule has 0 atom stereocenters. The molecule has 0 saturated carbocycles. The second-order valence-corrected chi connectivity index (χ2v) is 4.65. The SMILES string of the molecule is N#Cc1cccnc1OCCCC1CCNCC1. The molecule has 1 fully saturated rings. The van der Waals surface area contributed by atoms with Gasteiger partial charge in [0.25, 0.3) is 0 Å². The summed E-state index contributed by atoms with van der Waals surface area (Å²) in [6.07, 6.45) is 6.44. The van der Waals surface area contributed by atoms with E-state index in [0.717, 1.165) is 25.4 Å². The molecule has 0 unspecified atom stereocenters. The van der Waals surface area contributed by atoms with E-state index in [1.807, 2.05) is 0 Å². The van der Waals surface area contributed by atoms with Gasteiger partial charge in [0.2, 0.25) is 5.88 Å². The van der Waals surface area contributed by atoms with Crippen molar-refractivity contribution in [3.63, 3.8) is 0 Å². The van der Waals surface area contributed by atoms with Gasteiger partial charge < -0.3 is 10.1 Å². The molecule has 2 heterocycles. The molecular formula is C14H19N3O. The van der Waals surface area contributed by atoms with Crippen LogP contribution < -0.4 is 10.1 Å². The molecule has 0 spiro atoms. The Bertz CT molecular complexity index is 408. The van der Waals surface area contributed by atoms with Gasteiger partial charge >= 0.3 is 0 Å². The highest BCUT2D eigenvalue weighted by atomic mass is 16.5. The summed E-state index contributed by atoms with van der Waals surface area (Å²) in [6, 6.07) is 5.57. The highest BCUT2D eigenvalue weighted by molar-refractivity contribution is 5.36. The quantitative estimate of drug-likeness (QED) is 0.807. The predicted octanol–water partition coefficient (Wildman–Crippen LogP) is 2.11. The number of pyridine rings is 1. The van der Waals surface area contributed by atoms with Crippen molar-refractivity contribution >= 4 is 0 Å². The van der Waals surface area contributed by atoms with Crippen molar-refractivity contribution in [2.24, 2.45) is 5.92 Å². The van der Waals surface area contributed by atoms with E-state index >= 15 is 0 Å². The molecule has 1 aromatic heterocycles. The zero-order chi connectivity index (χ0) is 12.6. The number of aromatic nitrogens is 1. The number of ether oxygens (including phenoxy) is 1. The van der Waals surface area contributed by atoms with Gasteiger partial charge in [-0.25, -0.2) is 4.98 Å². The molecule has 0 aliphatic carbocycles. The summed E-state index contributed by atoms with van der Waals surface area (Å²) in [6.45, 7) is 2.93. The summed E-state index contributed by atoms with van der Waals surface area (Å²) in [4.78, 5) is 4.08. The summed E-state index contributed by atoms with van der Waals surface area (Å²) in [7, 11) is 0. The summed E-state index contributed by atoms with van der Waals surface area (Å²) < 4.78 is 5.57. The Morgan fingerprint density at radius 1 is 1.44 bits per heavy atom. The first-order valence-electron chi connectivity index (χ1n) is 6.59. The zero-order valence-corrected chi connectivity index (χ0v) is 10.6. The fourth-order valence-corrected chi connectivity index (χ4v) is 2.30. The van der Waals surface area contributed by atoms with E-state index in [1.54, 1.807) is 18.3 Å². The summed E-state index contributed by atoms with van der Waals surface area (Å²) >= 11 is 0.